The summed E-state index contributed by atoms with van der Waals surface area (Å²) in [6.07, 6.45) is 1.99. The maximum absolute atomic E-state index is 13.4. The Kier molecular flexibility index (Phi) is 8.93. The highest BCUT2D eigenvalue weighted by Gasteiger charge is 2.21. The fourth-order valence-electron chi connectivity index (χ4n) is 4.92. The number of carbonyl (C=O) groups is 1. The first kappa shape index (κ1) is 27.1. The first-order chi connectivity index (χ1) is 18.1. The minimum atomic E-state index is -0.230. The minimum absolute atomic E-state index is 0. The molecule has 9 heteroatoms. The zero-order chi connectivity index (χ0) is 25.6. The van der Waals surface area contributed by atoms with Gasteiger partial charge in [0, 0.05) is 45.0 Å². The Labute approximate surface area is 222 Å². The summed E-state index contributed by atoms with van der Waals surface area (Å²) in [5, 5.41) is 9.79. The van der Waals surface area contributed by atoms with Crippen molar-refractivity contribution < 1.29 is 14.7 Å². The van der Waals surface area contributed by atoms with Crippen LogP contribution in [0.5, 0.6) is 0 Å². The molecule has 1 fully saturated rings. The SMILES string of the molecule is CNc1ccccc1C(=O)NCCN1CCC(Nc2nc3ccccc3n2Cc2ccc(F)cc2)CC1.O. The first-order valence-electron chi connectivity index (χ1n) is 12.8. The summed E-state index contributed by atoms with van der Waals surface area (Å²) in [4.78, 5) is 19.8. The van der Waals surface area contributed by atoms with E-state index in [4.69, 9.17) is 4.98 Å². The van der Waals surface area contributed by atoms with E-state index < -0.39 is 0 Å². The number of hydrogen-bond acceptors (Lipinski definition) is 5. The summed E-state index contributed by atoms with van der Waals surface area (Å²) in [7, 11) is 1.82. The molecule has 0 aliphatic carbocycles. The van der Waals surface area contributed by atoms with Gasteiger partial charge in [0.15, 0.2) is 0 Å². The Morgan fingerprint density at radius 1 is 1.00 bits per heavy atom. The molecular weight excluding hydrogens is 483 g/mol. The monoisotopic (exact) mass is 518 g/mol. The fourth-order valence-corrected chi connectivity index (χ4v) is 4.92. The average Bonchev–Trinajstić information content (AvgIpc) is 3.27. The number of rotatable bonds is 9. The molecule has 2 heterocycles. The van der Waals surface area contributed by atoms with Crippen molar-refractivity contribution >= 4 is 28.6 Å². The topological polar surface area (TPSA) is 106 Å². The zero-order valence-corrected chi connectivity index (χ0v) is 21.6. The summed E-state index contributed by atoms with van der Waals surface area (Å²) in [6, 6.07) is 22.6. The largest absolute Gasteiger partial charge is 0.412 e. The molecule has 5 rings (SSSR count). The van der Waals surface area contributed by atoms with Crippen LogP contribution in [0, 0.1) is 5.82 Å². The molecule has 38 heavy (non-hydrogen) atoms. The van der Waals surface area contributed by atoms with Crippen molar-refractivity contribution in [2.75, 3.05) is 43.9 Å². The van der Waals surface area contributed by atoms with E-state index >= 15 is 0 Å². The Bertz CT molecular complexity index is 1350. The van der Waals surface area contributed by atoms with Gasteiger partial charge in [0.1, 0.15) is 5.82 Å². The molecule has 0 bridgehead atoms. The number of amides is 1. The predicted molar refractivity (Wildman–Crippen MR) is 150 cm³/mol. The molecule has 0 spiro atoms. The van der Waals surface area contributed by atoms with Crippen LogP contribution in [0.15, 0.2) is 72.8 Å². The van der Waals surface area contributed by atoms with Crippen molar-refractivity contribution in [1.82, 2.24) is 19.8 Å². The fraction of sp³-hybridized carbons (Fsp3) is 0.310. The molecule has 1 aliphatic rings. The van der Waals surface area contributed by atoms with Gasteiger partial charge >= 0.3 is 0 Å². The number of anilines is 2. The van der Waals surface area contributed by atoms with E-state index in [1.54, 1.807) is 0 Å². The molecule has 1 saturated heterocycles. The van der Waals surface area contributed by atoms with Gasteiger partial charge in [-0.05, 0) is 54.8 Å². The highest BCUT2D eigenvalue weighted by Crippen LogP contribution is 2.24. The van der Waals surface area contributed by atoms with Crippen molar-refractivity contribution in [3.63, 3.8) is 0 Å². The van der Waals surface area contributed by atoms with Crippen molar-refractivity contribution in [3.05, 3.63) is 89.7 Å². The van der Waals surface area contributed by atoms with E-state index in [-0.39, 0.29) is 17.2 Å². The molecule has 1 amide bonds. The quantitative estimate of drug-likeness (QED) is 0.313. The molecule has 5 N–H and O–H groups in total. The van der Waals surface area contributed by atoms with Crippen molar-refractivity contribution in [2.24, 2.45) is 0 Å². The Hall–Kier alpha value is -3.95. The molecule has 3 aromatic carbocycles. The predicted octanol–water partition coefficient (Wildman–Crippen LogP) is 3.75. The van der Waals surface area contributed by atoms with Gasteiger partial charge in [-0.3, -0.25) is 4.79 Å². The summed E-state index contributed by atoms with van der Waals surface area (Å²) >= 11 is 0. The van der Waals surface area contributed by atoms with E-state index in [9.17, 15) is 9.18 Å². The lowest BCUT2D eigenvalue weighted by Gasteiger charge is -2.32. The van der Waals surface area contributed by atoms with Gasteiger partial charge in [-0.15, -0.1) is 0 Å². The summed E-state index contributed by atoms with van der Waals surface area (Å²) < 4.78 is 15.6. The van der Waals surface area contributed by atoms with Gasteiger partial charge in [-0.1, -0.05) is 36.4 Å². The van der Waals surface area contributed by atoms with Gasteiger partial charge in [0.25, 0.3) is 5.91 Å². The van der Waals surface area contributed by atoms with Crippen LogP contribution >= 0.6 is 0 Å². The third-order valence-corrected chi connectivity index (χ3v) is 6.98. The smallest absolute Gasteiger partial charge is 0.253 e. The normalized spacial score (nSPS) is 14.2. The number of aromatic nitrogens is 2. The molecule has 0 atom stereocenters. The summed E-state index contributed by atoms with van der Waals surface area (Å²) in [6.45, 7) is 3.97. The van der Waals surface area contributed by atoms with Gasteiger partial charge in [-0.2, -0.15) is 0 Å². The number of likely N-dealkylation sites (tertiary alicyclic amines) is 1. The maximum Gasteiger partial charge on any atom is 0.253 e. The van der Waals surface area contributed by atoms with Crippen molar-refractivity contribution in [2.45, 2.75) is 25.4 Å². The first-order valence-corrected chi connectivity index (χ1v) is 12.8. The Morgan fingerprint density at radius 2 is 1.71 bits per heavy atom. The molecule has 0 saturated carbocycles. The van der Waals surface area contributed by atoms with Crippen LogP contribution in [0.25, 0.3) is 11.0 Å². The van der Waals surface area contributed by atoms with Crippen LogP contribution in [0.3, 0.4) is 0 Å². The Morgan fingerprint density at radius 3 is 2.47 bits per heavy atom. The standard InChI is InChI=1S/C29H33FN6O.H2O/c1-31-25-7-3-2-6-24(25)28(37)32-16-19-35-17-14-23(15-18-35)33-29-34-26-8-4-5-9-27(26)36(29)20-21-10-12-22(30)13-11-21;/h2-13,23,31H,14-20H2,1H3,(H,32,37)(H,33,34);1H2. The third kappa shape index (κ3) is 6.30. The second kappa shape index (κ2) is 12.5. The molecule has 0 radical (unpaired) electrons. The number of fused-ring (bicyclic) bond motifs is 1. The van der Waals surface area contributed by atoms with Crippen LogP contribution in [-0.4, -0.2) is 65.1 Å². The van der Waals surface area contributed by atoms with E-state index in [2.05, 4.69) is 31.5 Å². The number of carbonyl (C=O) groups excluding carboxylic acids is 1. The van der Waals surface area contributed by atoms with Crippen molar-refractivity contribution in [1.29, 1.82) is 0 Å². The molecule has 200 valence electrons. The number of piperidine rings is 1. The van der Waals surface area contributed by atoms with Gasteiger partial charge in [0.05, 0.1) is 23.1 Å². The number of hydrogen-bond donors (Lipinski definition) is 3. The van der Waals surface area contributed by atoms with E-state index in [0.717, 1.165) is 60.7 Å². The third-order valence-electron chi connectivity index (χ3n) is 6.98. The molecule has 4 aromatic rings. The second-order valence-corrected chi connectivity index (χ2v) is 9.45. The second-order valence-electron chi connectivity index (χ2n) is 9.45. The number of nitrogens with zero attached hydrogens (tertiary/aromatic N) is 3. The van der Waals surface area contributed by atoms with E-state index in [1.807, 2.05) is 61.6 Å². The zero-order valence-electron chi connectivity index (χ0n) is 21.6. The van der Waals surface area contributed by atoms with Crippen LogP contribution < -0.4 is 16.0 Å². The van der Waals surface area contributed by atoms with Crippen LogP contribution in [0.1, 0.15) is 28.8 Å². The Balaban J connectivity index is 0.00000336. The van der Waals surface area contributed by atoms with Gasteiger partial charge in [0.2, 0.25) is 5.95 Å². The summed E-state index contributed by atoms with van der Waals surface area (Å²) in [5.41, 5.74) is 4.53. The number of para-hydroxylation sites is 3. The lowest BCUT2D eigenvalue weighted by atomic mass is 10.1. The van der Waals surface area contributed by atoms with E-state index in [0.29, 0.717) is 24.7 Å². The van der Waals surface area contributed by atoms with Gasteiger partial charge < -0.3 is 30.9 Å². The number of benzene rings is 3. The van der Waals surface area contributed by atoms with Crippen LogP contribution in [0.2, 0.25) is 0 Å². The highest BCUT2D eigenvalue weighted by atomic mass is 19.1. The van der Waals surface area contributed by atoms with Gasteiger partial charge in [-0.25, -0.2) is 9.37 Å². The van der Waals surface area contributed by atoms with E-state index in [1.165, 1.54) is 12.1 Å². The molecule has 0 unspecified atom stereocenters. The lowest BCUT2D eigenvalue weighted by Crippen LogP contribution is -2.43. The summed E-state index contributed by atoms with van der Waals surface area (Å²) in [5.74, 6) is 0.563. The molecule has 8 nitrogen and oxygen atoms in total. The molecule has 1 aliphatic heterocycles. The molecular formula is C29H35FN6O2. The van der Waals surface area contributed by atoms with Crippen molar-refractivity contribution in [3.8, 4) is 0 Å². The van der Waals surface area contributed by atoms with Crippen LogP contribution in [0.4, 0.5) is 16.0 Å². The number of halogens is 1. The average molecular weight is 519 g/mol. The maximum atomic E-state index is 13.4. The minimum Gasteiger partial charge on any atom is -0.412 e. The number of nitrogens with one attached hydrogen (secondary N) is 3. The number of imidazole rings is 1. The van der Waals surface area contributed by atoms with Crippen LogP contribution in [-0.2, 0) is 6.54 Å². The lowest BCUT2D eigenvalue weighted by molar-refractivity contribution is 0.0947. The highest BCUT2D eigenvalue weighted by molar-refractivity contribution is 5.99. The molecule has 1 aromatic heterocycles.